The molecule has 2 aliphatic rings. The average molecular weight is 457 g/mol. The lowest BCUT2D eigenvalue weighted by Gasteiger charge is -2.36. The van der Waals surface area contributed by atoms with Gasteiger partial charge >= 0.3 is 0 Å². The molecule has 0 aliphatic carbocycles. The Labute approximate surface area is 196 Å². The second-order valence-corrected chi connectivity index (χ2v) is 9.51. The van der Waals surface area contributed by atoms with Gasteiger partial charge in [0.25, 0.3) is 0 Å². The van der Waals surface area contributed by atoms with Crippen LogP contribution in [0, 0.1) is 5.92 Å². The van der Waals surface area contributed by atoms with Crippen LogP contribution in [0.25, 0.3) is 0 Å². The van der Waals surface area contributed by atoms with Gasteiger partial charge in [-0.2, -0.15) is 0 Å². The zero-order valence-electron chi connectivity index (χ0n) is 18.8. The van der Waals surface area contributed by atoms with Crippen LogP contribution in [0.4, 0.5) is 5.69 Å². The minimum absolute atomic E-state index is 0.00370. The molecule has 2 aromatic rings. The number of nitrogens with zero attached hydrogens (tertiary/aromatic N) is 1. The third kappa shape index (κ3) is 5.64. The van der Waals surface area contributed by atoms with Crippen LogP contribution in [-0.4, -0.2) is 50.3 Å². The Morgan fingerprint density at radius 2 is 1.88 bits per heavy atom. The molecule has 0 spiro atoms. The van der Waals surface area contributed by atoms with Gasteiger partial charge in [-0.3, -0.25) is 9.69 Å². The number of hydrogen-bond acceptors (Lipinski definition) is 4. The molecule has 2 aromatic carbocycles. The molecule has 2 heterocycles. The monoisotopic (exact) mass is 456 g/mol. The molecule has 172 valence electrons. The fourth-order valence-electron chi connectivity index (χ4n) is 4.80. The third-order valence-corrected chi connectivity index (χ3v) is 6.96. The molecule has 1 amide bonds. The molecule has 0 saturated carbocycles. The van der Waals surface area contributed by atoms with Crippen LogP contribution in [-0.2, 0) is 14.9 Å². The van der Waals surface area contributed by atoms with E-state index in [1.807, 2.05) is 48.5 Å². The standard InChI is InChI=1S/C26H33ClN2O3/c1-20-3-2-14-29(19-20)15-18-32-24-10-8-23(9-11-24)28-25(30)26(12-16-31-17-13-26)21-4-6-22(27)7-5-21/h4-11,20H,2-3,12-19H2,1H3,(H,28,30)/t20-/m0/s1. The molecule has 5 nitrogen and oxygen atoms in total. The number of carbonyl (C=O) groups excluding carboxylic acids is 1. The Morgan fingerprint density at radius 1 is 1.16 bits per heavy atom. The number of anilines is 1. The van der Waals surface area contributed by atoms with Crippen LogP contribution in [0.15, 0.2) is 48.5 Å². The van der Waals surface area contributed by atoms with E-state index in [0.717, 1.165) is 36.0 Å². The number of carbonyl (C=O) groups is 1. The van der Waals surface area contributed by atoms with E-state index >= 15 is 0 Å². The number of nitrogens with one attached hydrogen (secondary N) is 1. The summed E-state index contributed by atoms with van der Waals surface area (Å²) in [5.74, 6) is 1.60. The molecule has 0 unspecified atom stereocenters. The van der Waals surface area contributed by atoms with Crippen LogP contribution < -0.4 is 10.1 Å². The highest BCUT2D eigenvalue weighted by molar-refractivity contribution is 6.30. The molecule has 1 N–H and O–H groups in total. The number of rotatable bonds is 7. The zero-order chi connectivity index (χ0) is 22.4. The summed E-state index contributed by atoms with van der Waals surface area (Å²) in [6.07, 6.45) is 3.91. The molecular formula is C26H33ClN2O3. The average Bonchev–Trinajstić information content (AvgIpc) is 2.81. The zero-order valence-corrected chi connectivity index (χ0v) is 19.6. The van der Waals surface area contributed by atoms with E-state index in [0.29, 0.717) is 37.7 Å². The van der Waals surface area contributed by atoms with Crippen molar-refractivity contribution in [2.24, 2.45) is 5.92 Å². The van der Waals surface area contributed by atoms with Crippen LogP contribution in [0.5, 0.6) is 5.75 Å². The van der Waals surface area contributed by atoms with E-state index < -0.39 is 5.41 Å². The summed E-state index contributed by atoms with van der Waals surface area (Å²) < 4.78 is 11.5. The lowest BCUT2D eigenvalue weighted by molar-refractivity contribution is -0.125. The van der Waals surface area contributed by atoms with Crippen LogP contribution in [0.2, 0.25) is 5.02 Å². The van der Waals surface area contributed by atoms with Crippen molar-refractivity contribution in [1.29, 1.82) is 0 Å². The van der Waals surface area contributed by atoms with Crippen molar-refractivity contribution in [3.63, 3.8) is 0 Å². The summed E-state index contributed by atoms with van der Waals surface area (Å²) in [6, 6.07) is 15.3. The second kappa shape index (κ2) is 10.7. The summed E-state index contributed by atoms with van der Waals surface area (Å²) in [5, 5.41) is 3.78. The van der Waals surface area contributed by atoms with Crippen molar-refractivity contribution in [1.82, 2.24) is 4.90 Å². The highest BCUT2D eigenvalue weighted by Gasteiger charge is 2.41. The minimum Gasteiger partial charge on any atom is -0.492 e. The molecule has 0 aromatic heterocycles. The first-order valence-corrected chi connectivity index (χ1v) is 12.0. The summed E-state index contributed by atoms with van der Waals surface area (Å²) in [5.41, 5.74) is 1.14. The van der Waals surface area contributed by atoms with Crippen LogP contribution in [0.3, 0.4) is 0 Å². The first-order valence-electron chi connectivity index (χ1n) is 11.7. The molecule has 1 atom stereocenters. The predicted molar refractivity (Wildman–Crippen MR) is 129 cm³/mol. The van der Waals surface area contributed by atoms with Gasteiger partial charge in [-0.05, 0) is 80.1 Å². The van der Waals surface area contributed by atoms with Crippen molar-refractivity contribution in [3.8, 4) is 5.75 Å². The third-order valence-electron chi connectivity index (χ3n) is 6.71. The van der Waals surface area contributed by atoms with Gasteiger partial charge in [-0.15, -0.1) is 0 Å². The first kappa shape index (κ1) is 23.1. The second-order valence-electron chi connectivity index (χ2n) is 9.08. The van der Waals surface area contributed by atoms with E-state index in [4.69, 9.17) is 21.1 Å². The van der Waals surface area contributed by atoms with Crippen molar-refractivity contribution in [2.75, 3.05) is 44.8 Å². The molecular weight excluding hydrogens is 424 g/mol. The number of benzene rings is 2. The van der Waals surface area contributed by atoms with Gasteiger partial charge in [0.15, 0.2) is 0 Å². The topological polar surface area (TPSA) is 50.8 Å². The Bertz CT molecular complexity index is 879. The maximum absolute atomic E-state index is 13.4. The SMILES string of the molecule is C[C@H]1CCCN(CCOc2ccc(NC(=O)C3(c4ccc(Cl)cc4)CCOCC3)cc2)C1. The van der Waals surface area contributed by atoms with E-state index in [1.165, 1.54) is 19.4 Å². The van der Waals surface area contributed by atoms with Gasteiger partial charge in [0.05, 0.1) is 5.41 Å². The molecule has 0 radical (unpaired) electrons. The number of ether oxygens (including phenoxy) is 2. The Kier molecular flexibility index (Phi) is 7.71. The highest BCUT2D eigenvalue weighted by Crippen LogP contribution is 2.37. The van der Waals surface area contributed by atoms with Crippen LogP contribution >= 0.6 is 11.6 Å². The van der Waals surface area contributed by atoms with Gasteiger partial charge < -0.3 is 14.8 Å². The minimum atomic E-state index is -0.608. The number of likely N-dealkylation sites (tertiary alicyclic amines) is 1. The van der Waals surface area contributed by atoms with Gasteiger partial charge in [0.1, 0.15) is 12.4 Å². The van der Waals surface area contributed by atoms with Gasteiger partial charge in [-0.25, -0.2) is 0 Å². The lowest BCUT2D eigenvalue weighted by Crippen LogP contribution is -2.44. The van der Waals surface area contributed by atoms with Crippen LogP contribution in [0.1, 0.15) is 38.2 Å². The van der Waals surface area contributed by atoms with E-state index in [2.05, 4.69) is 17.1 Å². The fourth-order valence-corrected chi connectivity index (χ4v) is 4.93. The summed E-state index contributed by atoms with van der Waals surface area (Å²) in [7, 11) is 0. The van der Waals surface area contributed by atoms with Crippen molar-refractivity contribution < 1.29 is 14.3 Å². The Balaban J connectivity index is 1.35. The Morgan fingerprint density at radius 3 is 2.56 bits per heavy atom. The molecule has 2 aliphatic heterocycles. The van der Waals surface area contributed by atoms with Gasteiger partial charge in [0, 0.05) is 37.0 Å². The van der Waals surface area contributed by atoms with Crippen molar-refractivity contribution in [2.45, 2.75) is 38.0 Å². The van der Waals surface area contributed by atoms with Crippen molar-refractivity contribution in [3.05, 3.63) is 59.1 Å². The summed E-state index contributed by atoms with van der Waals surface area (Å²) in [6.45, 7) is 7.41. The summed E-state index contributed by atoms with van der Waals surface area (Å²) in [4.78, 5) is 15.9. The smallest absolute Gasteiger partial charge is 0.235 e. The molecule has 6 heteroatoms. The normalized spacial score (nSPS) is 21.1. The number of amides is 1. The van der Waals surface area contributed by atoms with Crippen molar-refractivity contribution >= 4 is 23.2 Å². The van der Waals surface area contributed by atoms with Gasteiger partial charge in [0.2, 0.25) is 5.91 Å². The maximum atomic E-state index is 13.4. The molecule has 2 fully saturated rings. The largest absolute Gasteiger partial charge is 0.492 e. The van der Waals surface area contributed by atoms with E-state index in [1.54, 1.807) is 0 Å². The fraction of sp³-hybridized carbons (Fsp3) is 0.500. The number of piperidine rings is 1. The lowest BCUT2D eigenvalue weighted by atomic mass is 9.73. The maximum Gasteiger partial charge on any atom is 0.235 e. The summed E-state index contributed by atoms with van der Waals surface area (Å²) >= 11 is 6.07. The Hall–Kier alpha value is -2.08. The molecule has 0 bridgehead atoms. The quantitative estimate of drug-likeness (QED) is 0.626. The number of hydrogen-bond donors (Lipinski definition) is 1. The number of halogens is 1. The molecule has 32 heavy (non-hydrogen) atoms. The molecule has 4 rings (SSSR count). The molecule has 2 saturated heterocycles. The van der Waals surface area contributed by atoms with Gasteiger partial charge in [-0.1, -0.05) is 30.7 Å². The van der Waals surface area contributed by atoms with E-state index in [9.17, 15) is 4.79 Å². The predicted octanol–water partition coefficient (Wildman–Crippen LogP) is 5.14. The highest BCUT2D eigenvalue weighted by atomic mass is 35.5. The first-order chi connectivity index (χ1) is 15.5. The van der Waals surface area contributed by atoms with E-state index in [-0.39, 0.29) is 5.91 Å².